The summed E-state index contributed by atoms with van der Waals surface area (Å²) in [6.45, 7) is 1.45. The van der Waals surface area contributed by atoms with E-state index in [1.165, 1.54) is 18.3 Å². The smallest absolute Gasteiger partial charge is 0.161 e. The SMILES string of the molecule is CC(=O)c1ccsc1C=O. The van der Waals surface area contributed by atoms with Gasteiger partial charge in [-0.05, 0) is 18.4 Å². The molecule has 0 aromatic carbocycles. The van der Waals surface area contributed by atoms with Gasteiger partial charge in [-0.3, -0.25) is 9.59 Å². The van der Waals surface area contributed by atoms with E-state index in [2.05, 4.69) is 0 Å². The molecule has 0 fully saturated rings. The van der Waals surface area contributed by atoms with Gasteiger partial charge < -0.3 is 0 Å². The third kappa shape index (κ3) is 1.14. The highest BCUT2D eigenvalue weighted by Gasteiger charge is 2.05. The topological polar surface area (TPSA) is 34.1 Å². The molecule has 0 N–H and O–H groups in total. The number of carbonyl (C=O) groups excluding carboxylic acids is 2. The number of hydrogen-bond donors (Lipinski definition) is 0. The molecular weight excluding hydrogens is 148 g/mol. The fourth-order valence-corrected chi connectivity index (χ4v) is 1.45. The van der Waals surface area contributed by atoms with E-state index in [-0.39, 0.29) is 5.78 Å². The summed E-state index contributed by atoms with van der Waals surface area (Å²) in [5.74, 6) is -0.0525. The van der Waals surface area contributed by atoms with Gasteiger partial charge in [-0.1, -0.05) is 0 Å². The van der Waals surface area contributed by atoms with Crippen molar-refractivity contribution >= 4 is 23.4 Å². The fourth-order valence-electron chi connectivity index (χ4n) is 0.703. The maximum atomic E-state index is 10.7. The zero-order valence-electron chi connectivity index (χ0n) is 5.46. The zero-order chi connectivity index (χ0) is 7.56. The van der Waals surface area contributed by atoms with E-state index < -0.39 is 0 Å². The van der Waals surface area contributed by atoms with Crippen molar-refractivity contribution in [1.82, 2.24) is 0 Å². The minimum absolute atomic E-state index is 0.0525. The highest BCUT2D eigenvalue weighted by Crippen LogP contribution is 2.14. The van der Waals surface area contributed by atoms with Crippen molar-refractivity contribution in [1.29, 1.82) is 0 Å². The lowest BCUT2D eigenvalue weighted by atomic mass is 10.2. The van der Waals surface area contributed by atoms with E-state index >= 15 is 0 Å². The summed E-state index contributed by atoms with van der Waals surface area (Å²) in [4.78, 5) is 21.5. The van der Waals surface area contributed by atoms with Crippen LogP contribution in [0.5, 0.6) is 0 Å². The summed E-state index contributed by atoms with van der Waals surface area (Å²) in [5, 5.41) is 1.74. The highest BCUT2D eigenvalue weighted by atomic mass is 32.1. The van der Waals surface area contributed by atoms with Crippen molar-refractivity contribution in [3.05, 3.63) is 21.9 Å². The van der Waals surface area contributed by atoms with Gasteiger partial charge in [0, 0.05) is 5.56 Å². The molecule has 0 aliphatic heterocycles. The molecule has 0 unspecified atom stereocenters. The first-order valence-corrected chi connectivity index (χ1v) is 3.67. The fraction of sp³-hybridized carbons (Fsp3) is 0.143. The van der Waals surface area contributed by atoms with E-state index in [0.29, 0.717) is 16.7 Å². The van der Waals surface area contributed by atoms with Crippen LogP contribution in [0.25, 0.3) is 0 Å². The lowest BCUT2D eigenvalue weighted by Gasteiger charge is -1.87. The standard InChI is InChI=1S/C7H6O2S/c1-5(9)6-2-3-10-7(6)4-8/h2-4H,1H3. The van der Waals surface area contributed by atoms with Crippen LogP contribution in [0.15, 0.2) is 11.4 Å². The number of Topliss-reactive ketones (excluding diaryl/α,β-unsaturated/α-hetero) is 1. The number of ketones is 1. The Kier molecular flexibility index (Phi) is 1.97. The van der Waals surface area contributed by atoms with Gasteiger partial charge in [0.25, 0.3) is 0 Å². The Balaban J connectivity index is 3.13. The quantitative estimate of drug-likeness (QED) is 0.480. The van der Waals surface area contributed by atoms with Crippen molar-refractivity contribution < 1.29 is 9.59 Å². The summed E-state index contributed by atoms with van der Waals surface area (Å²) in [5.41, 5.74) is 0.528. The number of thiophene rings is 1. The van der Waals surface area contributed by atoms with Gasteiger partial charge in [0.15, 0.2) is 12.1 Å². The third-order valence-electron chi connectivity index (χ3n) is 1.18. The van der Waals surface area contributed by atoms with Crippen LogP contribution >= 0.6 is 11.3 Å². The summed E-state index contributed by atoms with van der Waals surface area (Å²) in [6, 6.07) is 1.66. The van der Waals surface area contributed by atoms with Gasteiger partial charge in [0.2, 0.25) is 0 Å². The van der Waals surface area contributed by atoms with E-state index in [4.69, 9.17) is 0 Å². The van der Waals surface area contributed by atoms with E-state index in [1.807, 2.05) is 0 Å². The molecular formula is C7H6O2S. The lowest BCUT2D eigenvalue weighted by molar-refractivity contribution is 0.101. The van der Waals surface area contributed by atoms with Crippen LogP contribution in [0.3, 0.4) is 0 Å². The average molecular weight is 154 g/mol. The Morgan fingerprint density at radius 1 is 1.70 bits per heavy atom. The first-order chi connectivity index (χ1) is 4.75. The van der Waals surface area contributed by atoms with Gasteiger partial charge in [-0.25, -0.2) is 0 Å². The molecule has 10 heavy (non-hydrogen) atoms. The van der Waals surface area contributed by atoms with Gasteiger partial charge in [0.05, 0.1) is 4.88 Å². The largest absolute Gasteiger partial charge is 0.297 e. The summed E-state index contributed by atoms with van der Waals surface area (Å²) in [7, 11) is 0. The molecule has 0 spiro atoms. The monoisotopic (exact) mass is 154 g/mol. The highest BCUT2D eigenvalue weighted by molar-refractivity contribution is 7.12. The Bertz CT molecular complexity index is 262. The summed E-state index contributed by atoms with van der Waals surface area (Å²) < 4.78 is 0. The van der Waals surface area contributed by atoms with Crippen LogP contribution in [-0.2, 0) is 0 Å². The maximum absolute atomic E-state index is 10.7. The second kappa shape index (κ2) is 2.75. The Morgan fingerprint density at radius 3 is 2.80 bits per heavy atom. The van der Waals surface area contributed by atoms with Gasteiger partial charge in [-0.15, -0.1) is 11.3 Å². The Labute approximate surface area is 62.5 Å². The summed E-state index contributed by atoms with van der Waals surface area (Å²) in [6.07, 6.45) is 0.710. The zero-order valence-corrected chi connectivity index (χ0v) is 6.27. The van der Waals surface area contributed by atoms with Gasteiger partial charge in [-0.2, -0.15) is 0 Å². The van der Waals surface area contributed by atoms with Crippen LogP contribution in [0, 0.1) is 0 Å². The molecule has 0 aliphatic rings. The molecule has 0 bridgehead atoms. The van der Waals surface area contributed by atoms with E-state index in [0.717, 1.165) is 0 Å². The number of aldehydes is 1. The van der Waals surface area contributed by atoms with Crippen molar-refractivity contribution in [2.75, 3.05) is 0 Å². The molecule has 0 saturated heterocycles. The van der Waals surface area contributed by atoms with Crippen LogP contribution in [0.1, 0.15) is 27.0 Å². The van der Waals surface area contributed by atoms with Crippen molar-refractivity contribution in [2.45, 2.75) is 6.92 Å². The molecule has 0 saturated carbocycles. The normalized spacial score (nSPS) is 9.30. The van der Waals surface area contributed by atoms with E-state index in [9.17, 15) is 9.59 Å². The lowest BCUT2D eigenvalue weighted by Crippen LogP contribution is -1.92. The van der Waals surface area contributed by atoms with Crippen LogP contribution < -0.4 is 0 Å². The third-order valence-corrected chi connectivity index (χ3v) is 2.02. The number of hydrogen-bond acceptors (Lipinski definition) is 3. The van der Waals surface area contributed by atoms with Gasteiger partial charge in [0.1, 0.15) is 0 Å². The molecule has 0 aliphatic carbocycles. The predicted molar refractivity (Wildman–Crippen MR) is 39.7 cm³/mol. The van der Waals surface area contributed by atoms with Crippen LogP contribution in [0.2, 0.25) is 0 Å². The summed E-state index contributed by atoms with van der Waals surface area (Å²) >= 11 is 1.29. The maximum Gasteiger partial charge on any atom is 0.161 e. The predicted octanol–water partition coefficient (Wildman–Crippen LogP) is 1.76. The second-order valence-corrected chi connectivity index (χ2v) is 2.82. The molecule has 3 heteroatoms. The molecule has 0 atom stereocenters. The Morgan fingerprint density at radius 2 is 2.40 bits per heavy atom. The van der Waals surface area contributed by atoms with E-state index in [1.54, 1.807) is 11.4 Å². The molecule has 1 rings (SSSR count). The minimum atomic E-state index is -0.0525. The van der Waals surface area contributed by atoms with Crippen molar-refractivity contribution in [3.63, 3.8) is 0 Å². The van der Waals surface area contributed by atoms with Crippen molar-refractivity contribution in [2.24, 2.45) is 0 Å². The molecule has 52 valence electrons. The minimum Gasteiger partial charge on any atom is -0.297 e. The van der Waals surface area contributed by atoms with Crippen molar-refractivity contribution in [3.8, 4) is 0 Å². The van der Waals surface area contributed by atoms with Gasteiger partial charge >= 0.3 is 0 Å². The van der Waals surface area contributed by atoms with Crippen LogP contribution in [-0.4, -0.2) is 12.1 Å². The Hall–Kier alpha value is -0.960. The molecule has 0 radical (unpaired) electrons. The number of carbonyl (C=O) groups is 2. The molecule has 0 amide bonds. The first-order valence-electron chi connectivity index (χ1n) is 2.79. The average Bonchev–Trinajstić information content (AvgIpc) is 2.33. The van der Waals surface area contributed by atoms with Crippen LogP contribution in [0.4, 0.5) is 0 Å². The first kappa shape index (κ1) is 7.15. The molecule has 1 aromatic heterocycles. The molecule has 1 aromatic rings. The molecule has 2 nitrogen and oxygen atoms in total. The molecule has 1 heterocycles. The second-order valence-electron chi connectivity index (χ2n) is 1.87. The number of rotatable bonds is 2.